The Bertz CT molecular complexity index is 1590. The standard InChI is InChI=1S/C37H54N4O10S/c1-5-40(6-2)35(43)38-18-11-10-17-37(3,4)24-41(52(45,46)27-14-15-31-32(21-27)50-25-49-31)22-30(42)29(20-26-12-8-7-9-13-26)39-36(44)51-33-23-48-34-28(33)16-19-47-34/h7-9,12-15,21,28-30,33-34,42H,5-6,10-11,16-20,22-25H2,1-4H3,(H,38,43)(H,39,44)/t28-,29-,30+,33-,34+/m0/s1. The number of hydrogen-bond donors (Lipinski definition) is 3. The van der Waals surface area contributed by atoms with Crippen molar-refractivity contribution >= 4 is 22.1 Å². The Labute approximate surface area is 307 Å². The maximum atomic E-state index is 14.4. The van der Waals surface area contributed by atoms with Gasteiger partial charge in [-0.1, -0.05) is 50.6 Å². The average Bonchev–Trinajstić information content (AvgIpc) is 3.87. The number of unbranched alkanes of at least 4 members (excludes halogenated alkanes) is 1. The van der Waals surface area contributed by atoms with E-state index in [1.807, 2.05) is 58.0 Å². The Balaban J connectivity index is 1.31. The number of nitrogens with one attached hydrogen (secondary N) is 2. The summed E-state index contributed by atoms with van der Waals surface area (Å²) < 4.78 is 57.9. The number of fused-ring (bicyclic) bond motifs is 2. The minimum absolute atomic E-state index is 0.000383. The van der Waals surface area contributed by atoms with Gasteiger partial charge in [0, 0.05) is 38.8 Å². The van der Waals surface area contributed by atoms with Gasteiger partial charge in [-0.25, -0.2) is 18.0 Å². The first kappa shape index (κ1) is 39.6. The van der Waals surface area contributed by atoms with E-state index in [1.54, 1.807) is 11.0 Å². The van der Waals surface area contributed by atoms with Crippen LogP contribution >= 0.6 is 0 Å². The molecule has 0 saturated carbocycles. The zero-order chi connectivity index (χ0) is 37.3. The van der Waals surface area contributed by atoms with Gasteiger partial charge in [-0.2, -0.15) is 4.31 Å². The molecule has 0 aliphatic carbocycles. The number of ether oxygens (including phenoxy) is 5. The second-order valence-corrected chi connectivity index (χ2v) is 16.3. The highest BCUT2D eigenvalue weighted by Gasteiger charge is 2.44. The normalized spacial score (nSPS) is 20.7. The minimum Gasteiger partial charge on any atom is -0.454 e. The summed E-state index contributed by atoms with van der Waals surface area (Å²) in [5, 5.41) is 17.6. The quantitative estimate of drug-likeness (QED) is 0.189. The van der Waals surface area contributed by atoms with Gasteiger partial charge in [-0.05, 0) is 62.6 Å². The van der Waals surface area contributed by atoms with Crippen LogP contribution in [-0.4, -0.2) is 112 Å². The molecule has 0 unspecified atom stereocenters. The molecule has 0 aromatic heterocycles. The van der Waals surface area contributed by atoms with Gasteiger partial charge >= 0.3 is 12.1 Å². The van der Waals surface area contributed by atoms with Gasteiger partial charge in [-0.15, -0.1) is 0 Å². The molecule has 2 fully saturated rings. The van der Waals surface area contributed by atoms with Crippen molar-refractivity contribution < 1.29 is 46.8 Å². The topological polar surface area (TPSA) is 165 Å². The van der Waals surface area contributed by atoms with Crippen LogP contribution in [0.4, 0.5) is 9.59 Å². The molecule has 2 aromatic carbocycles. The molecule has 14 nitrogen and oxygen atoms in total. The number of alkyl carbamates (subject to hydrolysis) is 1. The monoisotopic (exact) mass is 746 g/mol. The predicted octanol–water partition coefficient (Wildman–Crippen LogP) is 4.11. The Morgan fingerprint density at radius 1 is 1.04 bits per heavy atom. The van der Waals surface area contributed by atoms with Crippen LogP contribution in [0, 0.1) is 11.3 Å². The molecular formula is C37H54N4O10S. The summed E-state index contributed by atoms with van der Waals surface area (Å²) in [5.41, 5.74) is 0.328. The number of benzene rings is 2. The highest BCUT2D eigenvalue weighted by molar-refractivity contribution is 7.89. The van der Waals surface area contributed by atoms with Crippen LogP contribution in [0.2, 0.25) is 0 Å². The maximum Gasteiger partial charge on any atom is 0.407 e. The van der Waals surface area contributed by atoms with Gasteiger partial charge in [0.2, 0.25) is 16.8 Å². The SMILES string of the molecule is CCN(CC)C(=O)NCCCCC(C)(C)CN(C[C@@H](O)[C@H](Cc1ccccc1)NC(=O)O[C@H]1CO[C@H]2OCC[C@H]21)S(=O)(=O)c1ccc2c(c1)OCO2. The number of aliphatic hydroxyl groups excluding tert-OH is 1. The lowest BCUT2D eigenvalue weighted by Crippen LogP contribution is -2.52. The van der Waals surface area contributed by atoms with Crippen molar-refractivity contribution in [2.75, 3.05) is 52.7 Å². The van der Waals surface area contributed by atoms with E-state index >= 15 is 0 Å². The summed E-state index contributed by atoms with van der Waals surface area (Å²) in [6, 6.07) is 12.8. The van der Waals surface area contributed by atoms with Crippen LogP contribution in [0.5, 0.6) is 11.5 Å². The van der Waals surface area contributed by atoms with Gasteiger partial charge in [0.15, 0.2) is 17.8 Å². The Morgan fingerprint density at radius 3 is 2.54 bits per heavy atom. The smallest absolute Gasteiger partial charge is 0.407 e. The van der Waals surface area contributed by atoms with Crippen molar-refractivity contribution in [3.8, 4) is 11.5 Å². The summed E-state index contributed by atoms with van der Waals surface area (Å²) in [4.78, 5) is 27.4. The summed E-state index contributed by atoms with van der Waals surface area (Å²) in [6.45, 7) is 10.1. The molecule has 3 aliphatic rings. The lowest BCUT2D eigenvalue weighted by atomic mass is 9.87. The summed E-state index contributed by atoms with van der Waals surface area (Å²) in [7, 11) is -4.18. The molecular weight excluding hydrogens is 692 g/mol. The second-order valence-electron chi connectivity index (χ2n) is 14.3. The molecule has 2 aromatic rings. The van der Waals surface area contributed by atoms with Gasteiger partial charge in [0.05, 0.1) is 36.2 Å². The van der Waals surface area contributed by atoms with Crippen LogP contribution in [-0.2, 0) is 30.7 Å². The van der Waals surface area contributed by atoms with E-state index in [2.05, 4.69) is 10.6 Å². The lowest BCUT2D eigenvalue weighted by molar-refractivity contribution is -0.0907. The summed E-state index contributed by atoms with van der Waals surface area (Å²) in [6.07, 6.45) is 0.145. The van der Waals surface area contributed by atoms with Crippen molar-refractivity contribution in [1.82, 2.24) is 19.8 Å². The maximum absolute atomic E-state index is 14.4. The fourth-order valence-electron chi connectivity index (χ4n) is 6.89. The van der Waals surface area contributed by atoms with Crippen molar-refractivity contribution in [3.63, 3.8) is 0 Å². The first-order valence-corrected chi connectivity index (χ1v) is 19.7. The van der Waals surface area contributed by atoms with E-state index < -0.39 is 46.1 Å². The van der Waals surface area contributed by atoms with E-state index in [0.29, 0.717) is 50.6 Å². The number of aliphatic hydroxyl groups is 1. The number of nitrogens with zero attached hydrogens (tertiary/aromatic N) is 2. The zero-order valence-electron chi connectivity index (χ0n) is 30.6. The molecule has 2 saturated heterocycles. The second kappa shape index (κ2) is 17.9. The van der Waals surface area contributed by atoms with Crippen LogP contribution in [0.1, 0.15) is 58.9 Å². The van der Waals surface area contributed by atoms with Crippen molar-refractivity contribution in [2.24, 2.45) is 11.3 Å². The lowest BCUT2D eigenvalue weighted by Gasteiger charge is -2.35. The predicted molar refractivity (Wildman–Crippen MR) is 192 cm³/mol. The van der Waals surface area contributed by atoms with Crippen molar-refractivity contribution in [3.05, 3.63) is 54.1 Å². The third kappa shape index (κ3) is 10.3. The fraction of sp³-hybridized carbons (Fsp3) is 0.622. The number of carbonyl (C=O) groups is 2. The Kier molecular flexibility index (Phi) is 13.6. The van der Waals surface area contributed by atoms with Crippen molar-refractivity contribution in [1.29, 1.82) is 0 Å². The van der Waals surface area contributed by atoms with Gasteiger partial charge < -0.3 is 44.3 Å². The molecule has 5 atom stereocenters. The van der Waals surface area contributed by atoms with Crippen LogP contribution < -0.4 is 20.1 Å². The summed E-state index contributed by atoms with van der Waals surface area (Å²) in [5.74, 6) is 0.712. The first-order chi connectivity index (χ1) is 24.9. The van der Waals surface area contributed by atoms with E-state index in [0.717, 1.165) is 18.4 Å². The fourth-order valence-corrected chi connectivity index (χ4v) is 8.56. The Hall–Kier alpha value is -3.63. The third-order valence-electron chi connectivity index (χ3n) is 9.89. The molecule has 5 rings (SSSR count). The number of hydrogen-bond acceptors (Lipinski definition) is 10. The molecule has 0 bridgehead atoms. The Morgan fingerprint density at radius 2 is 1.79 bits per heavy atom. The minimum atomic E-state index is -4.18. The average molecular weight is 747 g/mol. The number of rotatable bonds is 18. The van der Waals surface area contributed by atoms with E-state index in [4.69, 9.17) is 23.7 Å². The molecule has 3 amide bonds. The number of sulfonamides is 1. The molecule has 288 valence electrons. The molecule has 0 spiro atoms. The van der Waals surface area contributed by atoms with Crippen molar-refractivity contribution in [2.45, 2.75) is 89.2 Å². The molecule has 3 N–H and O–H groups in total. The molecule has 15 heteroatoms. The largest absolute Gasteiger partial charge is 0.454 e. The van der Waals surface area contributed by atoms with E-state index in [-0.39, 0.29) is 49.8 Å². The number of urea groups is 1. The molecule has 3 heterocycles. The van der Waals surface area contributed by atoms with Gasteiger partial charge in [-0.3, -0.25) is 0 Å². The molecule has 52 heavy (non-hydrogen) atoms. The van der Waals surface area contributed by atoms with Gasteiger partial charge in [0.1, 0.15) is 6.10 Å². The number of amides is 3. The van der Waals surface area contributed by atoms with Crippen LogP contribution in [0.25, 0.3) is 0 Å². The van der Waals surface area contributed by atoms with E-state index in [9.17, 15) is 23.1 Å². The molecule has 0 radical (unpaired) electrons. The number of carbonyl (C=O) groups excluding carboxylic acids is 2. The van der Waals surface area contributed by atoms with Crippen LogP contribution in [0.3, 0.4) is 0 Å². The highest BCUT2D eigenvalue weighted by atomic mass is 32.2. The van der Waals surface area contributed by atoms with Gasteiger partial charge in [0.25, 0.3) is 0 Å². The molecule has 3 aliphatic heterocycles. The third-order valence-corrected chi connectivity index (χ3v) is 11.7. The van der Waals surface area contributed by atoms with E-state index in [1.165, 1.54) is 16.4 Å². The summed E-state index contributed by atoms with van der Waals surface area (Å²) >= 11 is 0. The first-order valence-electron chi connectivity index (χ1n) is 18.2. The zero-order valence-corrected chi connectivity index (χ0v) is 31.4. The highest BCUT2D eigenvalue weighted by Crippen LogP contribution is 2.36. The van der Waals surface area contributed by atoms with Crippen LogP contribution in [0.15, 0.2) is 53.4 Å².